The van der Waals surface area contributed by atoms with Crippen molar-refractivity contribution in [1.29, 1.82) is 0 Å². The molecule has 0 saturated carbocycles. The number of carbonyl (C=O) groups excluding carboxylic acids is 2. The van der Waals surface area contributed by atoms with Gasteiger partial charge in [-0.2, -0.15) is 0 Å². The predicted molar refractivity (Wildman–Crippen MR) is 188 cm³/mol. The third-order valence-electron chi connectivity index (χ3n) is 7.68. The zero-order valence-corrected chi connectivity index (χ0v) is 29.2. The van der Waals surface area contributed by atoms with Gasteiger partial charge in [-0.25, -0.2) is 8.42 Å². The SMILES string of the molecule is CC(C)CNC(=O)[C@@H](Cc1ccccc1)N(Cc1ccc(Br)cc1)C(=O)CN(c1ccc(C(C)C)cc1)S(=O)(=O)c1ccccc1. The van der Waals surface area contributed by atoms with Crippen LogP contribution >= 0.6 is 15.9 Å². The van der Waals surface area contributed by atoms with Crippen molar-refractivity contribution in [3.05, 3.63) is 130 Å². The lowest BCUT2D eigenvalue weighted by atomic mass is 10.0. The zero-order valence-electron chi connectivity index (χ0n) is 26.8. The molecule has 0 aromatic heterocycles. The van der Waals surface area contributed by atoms with Crippen LogP contribution in [-0.2, 0) is 32.6 Å². The van der Waals surface area contributed by atoms with Crippen molar-refractivity contribution in [2.45, 2.75) is 57.5 Å². The quantitative estimate of drug-likeness (QED) is 0.151. The minimum absolute atomic E-state index is 0.0747. The Bertz CT molecular complexity index is 1680. The van der Waals surface area contributed by atoms with Crippen LogP contribution in [0.4, 0.5) is 5.69 Å². The van der Waals surface area contributed by atoms with Gasteiger partial charge in [0.15, 0.2) is 0 Å². The highest BCUT2D eigenvalue weighted by molar-refractivity contribution is 9.10. The van der Waals surface area contributed by atoms with Gasteiger partial charge in [0.25, 0.3) is 10.0 Å². The first-order valence-corrected chi connectivity index (χ1v) is 17.7. The Balaban J connectivity index is 1.79. The lowest BCUT2D eigenvalue weighted by molar-refractivity contribution is -0.140. The van der Waals surface area contributed by atoms with Gasteiger partial charge < -0.3 is 10.2 Å². The third kappa shape index (κ3) is 9.30. The van der Waals surface area contributed by atoms with Crippen LogP contribution < -0.4 is 9.62 Å². The van der Waals surface area contributed by atoms with Crippen LogP contribution in [0.2, 0.25) is 0 Å². The number of amides is 2. The summed E-state index contributed by atoms with van der Waals surface area (Å²) in [7, 11) is -4.14. The van der Waals surface area contributed by atoms with Gasteiger partial charge in [0.05, 0.1) is 10.6 Å². The minimum Gasteiger partial charge on any atom is -0.354 e. The average Bonchev–Trinajstić information content (AvgIpc) is 3.05. The van der Waals surface area contributed by atoms with Crippen molar-refractivity contribution in [1.82, 2.24) is 10.2 Å². The van der Waals surface area contributed by atoms with E-state index in [-0.39, 0.29) is 35.6 Å². The normalized spacial score (nSPS) is 12.2. The summed E-state index contributed by atoms with van der Waals surface area (Å²) < 4.78 is 30.3. The van der Waals surface area contributed by atoms with Crippen molar-refractivity contribution >= 4 is 43.5 Å². The molecule has 0 bridgehead atoms. The summed E-state index contributed by atoms with van der Waals surface area (Å²) in [5.74, 6) is -0.325. The summed E-state index contributed by atoms with van der Waals surface area (Å²) in [5, 5.41) is 3.02. The van der Waals surface area contributed by atoms with E-state index in [2.05, 4.69) is 35.1 Å². The van der Waals surface area contributed by atoms with Gasteiger partial charge in [0.2, 0.25) is 11.8 Å². The lowest BCUT2D eigenvalue weighted by Gasteiger charge is -2.34. The van der Waals surface area contributed by atoms with Crippen LogP contribution in [0.5, 0.6) is 0 Å². The summed E-state index contributed by atoms with van der Waals surface area (Å²) in [6, 6.07) is 31.5. The van der Waals surface area contributed by atoms with Crippen molar-refractivity contribution < 1.29 is 18.0 Å². The van der Waals surface area contributed by atoms with E-state index >= 15 is 0 Å². The molecule has 9 heteroatoms. The number of carbonyl (C=O) groups is 2. The van der Waals surface area contributed by atoms with E-state index in [9.17, 15) is 18.0 Å². The molecule has 2 amide bonds. The molecule has 0 aliphatic heterocycles. The van der Waals surface area contributed by atoms with Gasteiger partial charge in [-0.1, -0.05) is 116 Å². The Morgan fingerprint density at radius 2 is 1.35 bits per heavy atom. The highest BCUT2D eigenvalue weighted by Crippen LogP contribution is 2.27. The molecule has 0 heterocycles. The monoisotopic (exact) mass is 703 g/mol. The molecule has 0 spiro atoms. The van der Waals surface area contributed by atoms with Crippen molar-refractivity contribution in [3.63, 3.8) is 0 Å². The smallest absolute Gasteiger partial charge is 0.264 e. The number of nitrogens with zero attached hydrogens (tertiary/aromatic N) is 2. The molecule has 0 fully saturated rings. The van der Waals surface area contributed by atoms with Crippen LogP contribution in [0, 0.1) is 5.92 Å². The number of rotatable bonds is 14. The van der Waals surface area contributed by atoms with Crippen molar-refractivity contribution in [3.8, 4) is 0 Å². The summed E-state index contributed by atoms with van der Waals surface area (Å²) in [4.78, 5) is 30.0. The Morgan fingerprint density at radius 3 is 1.91 bits per heavy atom. The number of nitrogens with one attached hydrogen (secondary N) is 1. The molecule has 0 radical (unpaired) electrons. The topological polar surface area (TPSA) is 86.8 Å². The lowest BCUT2D eigenvalue weighted by Crippen LogP contribution is -2.53. The van der Waals surface area contributed by atoms with E-state index in [0.717, 1.165) is 25.5 Å². The standard InChI is InChI=1S/C37H42BrN3O4S/c1-27(2)24-39-37(43)35(23-29-11-7-5-8-12-29)40(25-30-15-19-32(38)20-16-30)36(42)26-41(33-21-17-31(18-22-33)28(3)4)46(44,45)34-13-9-6-10-14-34/h5-22,27-28,35H,23-26H2,1-4H3,(H,39,43)/t35-/m1/s1. The molecular formula is C37H42BrN3O4S. The highest BCUT2D eigenvalue weighted by atomic mass is 79.9. The number of anilines is 1. The molecule has 0 saturated heterocycles. The fourth-order valence-corrected chi connectivity index (χ4v) is 6.74. The fourth-order valence-electron chi connectivity index (χ4n) is 5.04. The highest BCUT2D eigenvalue weighted by Gasteiger charge is 2.34. The molecule has 242 valence electrons. The molecule has 7 nitrogen and oxygen atoms in total. The number of hydrogen-bond acceptors (Lipinski definition) is 4. The van der Waals surface area contributed by atoms with E-state index < -0.39 is 28.5 Å². The number of halogens is 1. The van der Waals surface area contributed by atoms with E-state index in [1.54, 1.807) is 30.3 Å². The molecule has 4 rings (SSSR count). The fraction of sp³-hybridized carbons (Fsp3) is 0.297. The maximum Gasteiger partial charge on any atom is 0.264 e. The van der Waals surface area contributed by atoms with Crippen LogP contribution in [0.3, 0.4) is 0 Å². The first-order valence-electron chi connectivity index (χ1n) is 15.5. The Kier molecular flexibility index (Phi) is 12.2. The van der Waals surface area contributed by atoms with Gasteiger partial charge in [-0.3, -0.25) is 13.9 Å². The summed E-state index contributed by atoms with van der Waals surface area (Å²) >= 11 is 3.47. The van der Waals surface area contributed by atoms with Crippen LogP contribution in [0.1, 0.15) is 50.3 Å². The number of benzene rings is 4. The summed E-state index contributed by atoms with van der Waals surface area (Å²) in [6.07, 6.45) is 0.265. The average molecular weight is 705 g/mol. The second kappa shape index (κ2) is 16.1. The van der Waals surface area contributed by atoms with Gasteiger partial charge in [-0.05, 0) is 64.9 Å². The molecule has 46 heavy (non-hydrogen) atoms. The molecule has 1 N–H and O–H groups in total. The van der Waals surface area contributed by atoms with Crippen LogP contribution in [0.25, 0.3) is 0 Å². The second-order valence-electron chi connectivity index (χ2n) is 12.1. The van der Waals surface area contributed by atoms with Crippen LogP contribution in [-0.4, -0.2) is 44.3 Å². The largest absolute Gasteiger partial charge is 0.354 e. The van der Waals surface area contributed by atoms with Crippen molar-refractivity contribution in [2.24, 2.45) is 5.92 Å². The maximum atomic E-state index is 14.6. The van der Waals surface area contributed by atoms with E-state index in [4.69, 9.17) is 0 Å². The minimum atomic E-state index is -4.14. The van der Waals surface area contributed by atoms with Crippen molar-refractivity contribution in [2.75, 3.05) is 17.4 Å². The third-order valence-corrected chi connectivity index (χ3v) is 10.00. The Morgan fingerprint density at radius 1 is 0.761 bits per heavy atom. The molecule has 0 aliphatic carbocycles. The van der Waals surface area contributed by atoms with Gasteiger partial charge in [0, 0.05) is 24.0 Å². The number of hydrogen-bond donors (Lipinski definition) is 1. The molecule has 0 unspecified atom stereocenters. The van der Waals surface area contributed by atoms with E-state index in [0.29, 0.717) is 12.2 Å². The van der Waals surface area contributed by atoms with E-state index in [1.165, 1.54) is 17.0 Å². The predicted octanol–water partition coefficient (Wildman–Crippen LogP) is 7.18. The van der Waals surface area contributed by atoms with E-state index in [1.807, 2.05) is 80.6 Å². The molecule has 1 atom stereocenters. The van der Waals surface area contributed by atoms with Gasteiger partial charge in [-0.15, -0.1) is 0 Å². The molecular weight excluding hydrogens is 662 g/mol. The molecule has 4 aromatic carbocycles. The Hall–Kier alpha value is -3.95. The zero-order chi connectivity index (χ0) is 33.3. The first kappa shape index (κ1) is 34.9. The number of sulfonamides is 1. The molecule has 4 aromatic rings. The van der Waals surface area contributed by atoms with Crippen LogP contribution in [0.15, 0.2) is 119 Å². The first-order chi connectivity index (χ1) is 22.0. The summed E-state index contributed by atoms with van der Waals surface area (Å²) in [5.41, 5.74) is 3.12. The Labute approximate surface area is 281 Å². The summed E-state index contributed by atoms with van der Waals surface area (Å²) in [6.45, 7) is 8.22. The van der Waals surface area contributed by atoms with Gasteiger partial charge >= 0.3 is 0 Å². The van der Waals surface area contributed by atoms with Gasteiger partial charge in [0.1, 0.15) is 12.6 Å². The molecule has 0 aliphatic rings. The maximum absolute atomic E-state index is 14.6. The second-order valence-corrected chi connectivity index (χ2v) is 14.8.